The molecule has 0 aromatic heterocycles. The number of hydrogen-bond acceptors (Lipinski definition) is 9. The van der Waals surface area contributed by atoms with Crippen molar-refractivity contribution in [2.75, 3.05) is 78.5 Å². The van der Waals surface area contributed by atoms with Crippen LogP contribution in [0.3, 0.4) is 0 Å². The van der Waals surface area contributed by atoms with Gasteiger partial charge in [-0.2, -0.15) is 0 Å². The highest BCUT2D eigenvalue weighted by atomic mass is 16.5. The number of carboxylic acid groups (broad SMARTS) is 2. The van der Waals surface area contributed by atoms with Crippen LogP contribution in [0.4, 0.5) is 0 Å². The summed E-state index contributed by atoms with van der Waals surface area (Å²) in [4.78, 5) is 40.2. The maximum absolute atomic E-state index is 11.1. The lowest BCUT2D eigenvalue weighted by Crippen LogP contribution is -2.49. The van der Waals surface area contributed by atoms with Gasteiger partial charge in [0.1, 0.15) is 6.29 Å². The molecule has 0 bridgehead atoms. The van der Waals surface area contributed by atoms with E-state index in [1.54, 1.807) is 9.80 Å². The van der Waals surface area contributed by atoms with Gasteiger partial charge in [0.15, 0.2) is 6.29 Å². The highest BCUT2D eigenvalue weighted by Crippen LogP contribution is 2.01. The van der Waals surface area contributed by atoms with Gasteiger partial charge in [-0.25, -0.2) is 0 Å². The third kappa shape index (κ3) is 11.0. The number of hydrogen-bond donors (Lipinski definition) is 4. The third-order valence-electron chi connectivity index (χ3n) is 4.40. The summed E-state index contributed by atoms with van der Waals surface area (Å²) in [5.74, 6) is -1.94. The molecule has 1 rings (SSSR count). The molecule has 0 unspecified atom stereocenters. The molecule has 27 heavy (non-hydrogen) atoms. The number of β-amino-alcohol motifs (C(OH)–C–C–N with tert-alkyl or cyclic N) is 2. The van der Waals surface area contributed by atoms with E-state index in [1.807, 2.05) is 9.80 Å². The molecule has 0 aromatic rings. The monoisotopic (exact) mass is 390 g/mol. The minimum absolute atomic E-state index is 0.0287. The van der Waals surface area contributed by atoms with Gasteiger partial charge in [0.25, 0.3) is 0 Å². The molecule has 11 nitrogen and oxygen atoms in total. The maximum atomic E-state index is 11.1. The van der Waals surface area contributed by atoms with Crippen molar-refractivity contribution in [2.45, 2.75) is 6.29 Å². The molecule has 1 aliphatic heterocycles. The van der Waals surface area contributed by atoms with Gasteiger partial charge < -0.3 is 25.2 Å². The summed E-state index contributed by atoms with van der Waals surface area (Å²) in [5.41, 5.74) is 0. The van der Waals surface area contributed by atoms with Crippen LogP contribution in [-0.2, 0) is 14.4 Å². The molecule has 0 aliphatic carbocycles. The average Bonchev–Trinajstić information content (AvgIpc) is 2.56. The molecule has 1 saturated heterocycles. The van der Waals surface area contributed by atoms with Crippen LogP contribution in [0.5, 0.6) is 0 Å². The van der Waals surface area contributed by atoms with E-state index < -0.39 is 18.2 Å². The van der Waals surface area contributed by atoms with E-state index in [0.717, 1.165) is 6.29 Å². The quantitative estimate of drug-likeness (QED) is 0.247. The summed E-state index contributed by atoms with van der Waals surface area (Å²) >= 11 is 0. The van der Waals surface area contributed by atoms with E-state index in [4.69, 9.17) is 10.2 Å². The van der Waals surface area contributed by atoms with Crippen LogP contribution in [-0.4, -0.2) is 143 Å². The molecule has 1 aliphatic rings. The Morgan fingerprint density at radius 1 is 0.741 bits per heavy atom. The Kier molecular flexibility index (Phi) is 11.0. The van der Waals surface area contributed by atoms with Crippen molar-refractivity contribution in [3.63, 3.8) is 0 Å². The lowest BCUT2D eigenvalue weighted by Gasteiger charge is -2.33. The topological polar surface area (TPSA) is 145 Å². The number of aliphatic carboxylic acids is 2. The number of aliphatic hydroxyl groups excluding tert-OH is 1. The number of carboxylic acids is 2. The standard InChI is InChI=1S/C16H30N4O7/c21-10-9-17-1-3-18(11-14(22)23)5-7-20(13-16(26)27)8-6-19(4-2-17)12-15(24)25/h10,14,22-23H,1-9,11-13H2,(H,24,25)(H,26,27). The summed E-state index contributed by atoms with van der Waals surface area (Å²) in [6.45, 7) is 3.40. The first kappa shape index (κ1) is 23.4. The molecular weight excluding hydrogens is 360 g/mol. The van der Waals surface area contributed by atoms with Crippen molar-refractivity contribution in [2.24, 2.45) is 0 Å². The number of aldehydes is 1. The Hall–Kier alpha value is -1.63. The third-order valence-corrected chi connectivity index (χ3v) is 4.40. The van der Waals surface area contributed by atoms with E-state index >= 15 is 0 Å². The van der Waals surface area contributed by atoms with Crippen LogP contribution in [0, 0.1) is 0 Å². The summed E-state index contributed by atoms with van der Waals surface area (Å²) in [6.07, 6.45) is -0.718. The zero-order valence-corrected chi connectivity index (χ0v) is 15.4. The summed E-state index contributed by atoms with van der Waals surface area (Å²) in [7, 11) is 0. The Balaban J connectivity index is 2.85. The zero-order chi connectivity index (χ0) is 20.2. The van der Waals surface area contributed by atoms with Crippen LogP contribution in [0.25, 0.3) is 0 Å². The normalized spacial score (nSPS) is 20.1. The van der Waals surface area contributed by atoms with Gasteiger partial charge in [0.2, 0.25) is 0 Å². The minimum Gasteiger partial charge on any atom is -0.480 e. The largest absolute Gasteiger partial charge is 0.480 e. The number of nitrogens with zero attached hydrogens (tertiary/aromatic N) is 4. The van der Waals surface area contributed by atoms with E-state index in [-0.39, 0.29) is 26.2 Å². The first-order chi connectivity index (χ1) is 12.8. The molecule has 0 spiro atoms. The van der Waals surface area contributed by atoms with Crippen molar-refractivity contribution in [1.29, 1.82) is 0 Å². The van der Waals surface area contributed by atoms with Gasteiger partial charge in [0, 0.05) is 58.9 Å². The highest BCUT2D eigenvalue weighted by molar-refractivity contribution is 5.69. The number of rotatable bonds is 8. The molecule has 1 heterocycles. The minimum atomic E-state index is -1.50. The molecule has 4 N–H and O–H groups in total. The highest BCUT2D eigenvalue weighted by Gasteiger charge is 2.19. The SMILES string of the molecule is O=CCN1CCN(CC(=O)O)CCN(CC(=O)O)CCN(CC(O)O)CC1. The summed E-state index contributed by atoms with van der Waals surface area (Å²) in [5, 5.41) is 36.7. The van der Waals surface area contributed by atoms with Crippen LogP contribution in [0.15, 0.2) is 0 Å². The Labute approximate surface area is 158 Å². The van der Waals surface area contributed by atoms with E-state index in [2.05, 4.69) is 0 Å². The lowest BCUT2D eigenvalue weighted by molar-refractivity contribution is -0.140. The Bertz CT molecular complexity index is 478. The van der Waals surface area contributed by atoms with Crippen molar-refractivity contribution < 1.29 is 34.8 Å². The molecule has 0 aromatic carbocycles. The first-order valence-electron chi connectivity index (χ1n) is 8.93. The molecule has 1 fully saturated rings. The van der Waals surface area contributed by atoms with Gasteiger partial charge in [-0.05, 0) is 0 Å². The van der Waals surface area contributed by atoms with Gasteiger partial charge in [-0.15, -0.1) is 0 Å². The van der Waals surface area contributed by atoms with Gasteiger partial charge >= 0.3 is 11.9 Å². The number of carbonyl (C=O) groups excluding carboxylic acids is 1. The van der Waals surface area contributed by atoms with Crippen LogP contribution in [0.2, 0.25) is 0 Å². The molecular formula is C16H30N4O7. The predicted octanol–water partition coefficient (Wildman–Crippen LogP) is -3.11. The number of carbonyl (C=O) groups is 3. The van der Waals surface area contributed by atoms with Crippen LogP contribution < -0.4 is 0 Å². The van der Waals surface area contributed by atoms with Crippen LogP contribution >= 0.6 is 0 Å². The molecule has 0 radical (unpaired) electrons. The van der Waals surface area contributed by atoms with Crippen molar-refractivity contribution in [3.05, 3.63) is 0 Å². The smallest absolute Gasteiger partial charge is 0.317 e. The average molecular weight is 390 g/mol. The molecule has 156 valence electrons. The van der Waals surface area contributed by atoms with E-state index in [1.165, 1.54) is 0 Å². The lowest BCUT2D eigenvalue weighted by atomic mass is 10.3. The Morgan fingerprint density at radius 3 is 1.44 bits per heavy atom. The molecule has 0 saturated carbocycles. The van der Waals surface area contributed by atoms with Gasteiger partial charge in [-0.1, -0.05) is 0 Å². The molecule has 11 heteroatoms. The maximum Gasteiger partial charge on any atom is 0.317 e. The summed E-state index contributed by atoms with van der Waals surface area (Å²) < 4.78 is 0. The van der Waals surface area contributed by atoms with Crippen LogP contribution in [0.1, 0.15) is 0 Å². The zero-order valence-electron chi connectivity index (χ0n) is 15.4. The fraction of sp³-hybridized carbons (Fsp3) is 0.812. The second-order valence-electron chi connectivity index (χ2n) is 6.59. The van der Waals surface area contributed by atoms with Crippen molar-refractivity contribution in [3.8, 4) is 0 Å². The van der Waals surface area contributed by atoms with E-state index in [0.29, 0.717) is 52.4 Å². The molecule has 0 amide bonds. The fourth-order valence-corrected chi connectivity index (χ4v) is 2.98. The molecule has 0 atom stereocenters. The number of aliphatic hydroxyl groups is 2. The first-order valence-corrected chi connectivity index (χ1v) is 8.93. The summed E-state index contributed by atoms with van der Waals surface area (Å²) in [6, 6.07) is 0. The fourth-order valence-electron chi connectivity index (χ4n) is 2.98. The van der Waals surface area contributed by atoms with Crippen molar-refractivity contribution >= 4 is 18.2 Å². The van der Waals surface area contributed by atoms with Gasteiger partial charge in [0.05, 0.1) is 19.6 Å². The van der Waals surface area contributed by atoms with Gasteiger partial charge in [-0.3, -0.25) is 29.2 Å². The van der Waals surface area contributed by atoms with E-state index in [9.17, 15) is 24.6 Å². The predicted molar refractivity (Wildman–Crippen MR) is 95.3 cm³/mol. The van der Waals surface area contributed by atoms with Crippen molar-refractivity contribution in [1.82, 2.24) is 19.6 Å². The second kappa shape index (κ2) is 12.7. The Morgan fingerprint density at radius 2 is 1.11 bits per heavy atom. The second-order valence-corrected chi connectivity index (χ2v) is 6.59.